The summed E-state index contributed by atoms with van der Waals surface area (Å²) in [5, 5.41) is 3.66. The third-order valence-electron chi connectivity index (χ3n) is 6.00. The number of amides is 1. The Kier molecular flexibility index (Phi) is 4.34. The van der Waals surface area contributed by atoms with Crippen molar-refractivity contribution in [1.29, 1.82) is 0 Å². The minimum atomic E-state index is 0.0736. The van der Waals surface area contributed by atoms with Crippen LogP contribution in [0.2, 0.25) is 0 Å². The first-order chi connectivity index (χ1) is 9.72. The van der Waals surface area contributed by atoms with Gasteiger partial charge < -0.3 is 4.90 Å². The predicted octanol–water partition coefficient (Wildman–Crippen LogP) is 3.29. The van der Waals surface area contributed by atoms with Gasteiger partial charge in [-0.25, -0.2) is 0 Å². The van der Waals surface area contributed by atoms with Crippen molar-refractivity contribution in [2.75, 3.05) is 0 Å². The molecule has 0 bridgehead atoms. The molecule has 3 unspecified atom stereocenters. The summed E-state index contributed by atoms with van der Waals surface area (Å²) in [7, 11) is 0. The average Bonchev–Trinajstić information content (AvgIpc) is 3.19. The molecular formula is C17H30N2O. The van der Waals surface area contributed by atoms with Gasteiger partial charge in [-0.1, -0.05) is 32.6 Å². The molecule has 0 aromatic carbocycles. The van der Waals surface area contributed by atoms with Gasteiger partial charge in [-0.05, 0) is 50.9 Å². The molecule has 3 aliphatic rings. The number of hydrogen-bond donors (Lipinski definition) is 1. The van der Waals surface area contributed by atoms with E-state index in [4.69, 9.17) is 0 Å². The molecule has 0 aromatic rings. The minimum Gasteiger partial charge on any atom is -0.323 e. The Morgan fingerprint density at radius 3 is 2.35 bits per heavy atom. The molecule has 2 saturated carbocycles. The molecule has 3 rings (SSSR count). The quantitative estimate of drug-likeness (QED) is 0.856. The zero-order valence-electron chi connectivity index (χ0n) is 13.1. The van der Waals surface area contributed by atoms with Crippen LogP contribution in [0.3, 0.4) is 0 Å². The Morgan fingerprint density at radius 1 is 1.15 bits per heavy atom. The number of nitrogens with zero attached hydrogens (tertiary/aromatic N) is 1. The Labute approximate surface area is 123 Å². The molecule has 1 saturated heterocycles. The summed E-state index contributed by atoms with van der Waals surface area (Å²) in [4.78, 5) is 15.0. The molecular weight excluding hydrogens is 248 g/mol. The lowest BCUT2D eigenvalue weighted by Gasteiger charge is -2.36. The van der Waals surface area contributed by atoms with E-state index in [-0.39, 0.29) is 6.04 Å². The van der Waals surface area contributed by atoms with Crippen LogP contribution in [-0.4, -0.2) is 29.1 Å². The van der Waals surface area contributed by atoms with Gasteiger partial charge in [-0.3, -0.25) is 10.1 Å². The normalized spacial score (nSPS) is 34.3. The topological polar surface area (TPSA) is 32.3 Å². The summed E-state index contributed by atoms with van der Waals surface area (Å²) in [6.45, 7) is 4.43. The molecule has 0 aromatic heterocycles. The molecule has 3 nitrogen and oxygen atoms in total. The Morgan fingerprint density at radius 2 is 1.75 bits per heavy atom. The fourth-order valence-electron chi connectivity index (χ4n) is 4.72. The highest BCUT2D eigenvalue weighted by Crippen LogP contribution is 2.37. The van der Waals surface area contributed by atoms with Crippen LogP contribution in [-0.2, 0) is 4.79 Å². The predicted molar refractivity (Wildman–Crippen MR) is 81.2 cm³/mol. The number of carbonyl (C=O) groups excluding carboxylic acids is 1. The van der Waals surface area contributed by atoms with Crippen LogP contribution in [0.15, 0.2) is 0 Å². The summed E-state index contributed by atoms with van der Waals surface area (Å²) in [5.74, 6) is 1.81. The van der Waals surface area contributed by atoms with E-state index in [0.717, 1.165) is 12.3 Å². The van der Waals surface area contributed by atoms with Crippen molar-refractivity contribution in [3.8, 4) is 0 Å². The van der Waals surface area contributed by atoms with Crippen molar-refractivity contribution in [3.05, 3.63) is 0 Å². The third kappa shape index (κ3) is 2.49. The van der Waals surface area contributed by atoms with E-state index in [2.05, 4.69) is 24.1 Å². The second-order valence-corrected chi connectivity index (χ2v) is 7.15. The van der Waals surface area contributed by atoms with E-state index in [9.17, 15) is 4.79 Å². The first-order valence-corrected chi connectivity index (χ1v) is 8.80. The van der Waals surface area contributed by atoms with Gasteiger partial charge in [-0.15, -0.1) is 0 Å². The highest BCUT2D eigenvalue weighted by molar-refractivity contribution is 5.84. The van der Waals surface area contributed by atoms with Crippen LogP contribution in [0.5, 0.6) is 0 Å². The molecule has 20 heavy (non-hydrogen) atoms. The maximum absolute atomic E-state index is 12.8. The van der Waals surface area contributed by atoms with Gasteiger partial charge in [0.2, 0.25) is 5.91 Å². The highest BCUT2D eigenvalue weighted by atomic mass is 16.2. The lowest BCUT2D eigenvalue weighted by atomic mass is 9.95. The van der Waals surface area contributed by atoms with Crippen molar-refractivity contribution < 1.29 is 4.79 Å². The molecule has 1 aliphatic heterocycles. The van der Waals surface area contributed by atoms with Gasteiger partial charge in [0.15, 0.2) is 0 Å². The summed E-state index contributed by atoms with van der Waals surface area (Å²) < 4.78 is 0. The number of hydrogen-bond acceptors (Lipinski definition) is 2. The van der Waals surface area contributed by atoms with Crippen molar-refractivity contribution in [2.24, 2.45) is 11.8 Å². The minimum absolute atomic E-state index is 0.0736. The molecule has 0 spiro atoms. The fourth-order valence-corrected chi connectivity index (χ4v) is 4.72. The van der Waals surface area contributed by atoms with E-state index in [1.165, 1.54) is 51.4 Å². The smallest absolute Gasteiger partial charge is 0.241 e. The SMILES string of the molecule is CCC1NC(C2CCCC2)N(C(C)C2CCCC2)C1=O. The number of nitrogens with one attached hydrogen (secondary N) is 1. The van der Waals surface area contributed by atoms with Gasteiger partial charge in [0.25, 0.3) is 0 Å². The highest BCUT2D eigenvalue weighted by Gasteiger charge is 2.46. The average molecular weight is 278 g/mol. The van der Waals surface area contributed by atoms with Crippen LogP contribution in [0.25, 0.3) is 0 Å². The third-order valence-corrected chi connectivity index (χ3v) is 6.00. The van der Waals surface area contributed by atoms with Crippen molar-refractivity contribution >= 4 is 5.91 Å². The molecule has 1 N–H and O–H groups in total. The summed E-state index contributed by atoms with van der Waals surface area (Å²) in [5.41, 5.74) is 0. The van der Waals surface area contributed by atoms with E-state index in [0.29, 0.717) is 24.0 Å². The van der Waals surface area contributed by atoms with Gasteiger partial charge in [0.05, 0.1) is 12.2 Å². The van der Waals surface area contributed by atoms with Crippen LogP contribution in [0.4, 0.5) is 0 Å². The van der Waals surface area contributed by atoms with Crippen LogP contribution in [0, 0.1) is 11.8 Å². The number of rotatable bonds is 4. The van der Waals surface area contributed by atoms with Gasteiger partial charge in [-0.2, -0.15) is 0 Å². The number of carbonyl (C=O) groups is 1. The molecule has 3 heteroatoms. The Bertz CT molecular complexity index is 345. The monoisotopic (exact) mass is 278 g/mol. The lowest BCUT2D eigenvalue weighted by Crippen LogP contribution is -2.49. The summed E-state index contributed by atoms with van der Waals surface area (Å²) in [6, 6.07) is 0.504. The van der Waals surface area contributed by atoms with Crippen molar-refractivity contribution in [3.63, 3.8) is 0 Å². The van der Waals surface area contributed by atoms with E-state index in [1.54, 1.807) is 0 Å². The first-order valence-electron chi connectivity index (χ1n) is 8.80. The Hall–Kier alpha value is -0.570. The van der Waals surface area contributed by atoms with Gasteiger partial charge in [0, 0.05) is 6.04 Å². The second kappa shape index (κ2) is 6.05. The van der Waals surface area contributed by atoms with Gasteiger partial charge in [0.1, 0.15) is 0 Å². The second-order valence-electron chi connectivity index (χ2n) is 7.15. The Balaban J connectivity index is 1.77. The summed E-state index contributed by atoms with van der Waals surface area (Å²) in [6.07, 6.45) is 11.9. The summed E-state index contributed by atoms with van der Waals surface area (Å²) >= 11 is 0. The van der Waals surface area contributed by atoms with Crippen LogP contribution >= 0.6 is 0 Å². The van der Waals surface area contributed by atoms with Crippen LogP contribution in [0.1, 0.15) is 71.6 Å². The fraction of sp³-hybridized carbons (Fsp3) is 0.941. The van der Waals surface area contributed by atoms with Crippen LogP contribution < -0.4 is 5.32 Å². The molecule has 114 valence electrons. The standard InChI is InChI=1S/C17H30N2O/c1-3-15-17(20)19(12(2)13-8-4-5-9-13)16(18-15)14-10-6-7-11-14/h12-16,18H,3-11H2,1-2H3. The van der Waals surface area contributed by atoms with Crippen molar-refractivity contribution in [1.82, 2.24) is 10.2 Å². The zero-order valence-corrected chi connectivity index (χ0v) is 13.1. The largest absolute Gasteiger partial charge is 0.323 e. The van der Waals surface area contributed by atoms with E-state index in [1.807, 2.05) is 0 Å². The van der Waals surface area contributed by atoms with Gasteiger partial charge >= 0.3 is 0 Å². The maximum Gasteiger partial charge on any atom is 0.241 e. The molecule has 0 radical (unpaired) electrons. The first kappa shape index (κ1) is 14.4. The zero-order chi connectivity index (χ0) is 14.1. The molecule has 3 atom stereocenters. The molecule has 1 amide bonds. The lowest BCUT2D eigenvalue weighted by molar-refractivity contribution is -0.133. The van der Waals surface area contributed by atoms with E-state index < -0.39 is 0 Å². The molecule has 1 heterocycles. The molecule has 3 fully saturated rings. The van der Waals surface area contributed by atoms with E-state index >= 15 is 0 Å². The van der Waals surface area contributed by atoms with Crippen molar-refractivity contribution in [2.45, 2.75) is 89.9 Å². The maximum atomic E-state index is 12.8. The molecule has 2 aliphatic carbocycles.